The number of rotatable bonds is 5. The van der Waals surface area contributed by atoms with Gasteiger partial charge >= 0.3 is 0 Å². The molecule has 3 atom stereocenters. The lowest BCUT2D eigenvalue weighted by molar-refractivity contribution is -0.130. The highest BCUT2D eigenvalue weighted by Crippen LogP contribution is 2.39. The summed E-state index contributed by atoms with van der Waals surface area (Å²) in [6.45, 7) is 3.03. The molecule has 2 aliphatic rings. The van der Waals surface area contributed by atoms with E-state index in [-0.39, 0.29) is 23.7 Å². The molecule has 0 bridgehead atoms. The van der Waals surface area contributed by atoms with Gasteiger partial charge in [0.25, 0.3) is 0 Å². The molecule has 0 aromatic heterocycles. The summed E-state index contributed by atoms with van der Waals surface area (Å²) in [5, 5.41) is 14.3. The molecule has 148 valence electrons. The van der Waals surface area contributed by atoms with E-state index in [4.69, 9.17) is 0 Å². The molecule has 4 nitrogen and oxygen atoms in total. The fraction of sp³-hybridized carbons (Fsp3) is 0.435. The van der Waals surface area contributed by atoms with E-state index in [9.17, 15) is 14.3 Å². The summed E-state index contributed by atoms with van der Waals surface area (Å²) in [6.07, 6.45) is 2.38. The number of nitrogens with one attached hydrogen (secondary N) is 1. The topological polar surface area (TPSA) is 52.6 Å². The molecular formula is C23H27FN2O2. The van der Waals surface area contributed by atoms with Crippen molar-refractivity contribution in [2.24, 2.45) is 5.92 Å². The molecule has 1 saturated heterocycles. The molecule has 0 radical (unpaired) electrons. The van der Waals surface area contributed by atoms with Crippen molar-refractivity contribution < 1.29 is 14.3 Å². The van der Waals surface area contributed by atoms with E-state index < -0.39 is 11.6 Å². The fourth-order valence-corrected chi connectivity index (χ4v) is 4.17. The van der Waals surface area contributed by atoms with E-state index in [1.54, 1.807) is 19.1 Å². The Kier molecular flexibility index (Phi) is 5.21. The summed E-state index contributed by atoms with van der Waals surface area (Å²) < 4.78 is 13.7. The molecule has 2 aromatic carbocycles. The van der Waals surface area contributed by atoms with E-state index >= 15 is 0 Å². The van der Waals surface area contributed by atoms with Crippen LogP contribution >= 0.6 is 0 Å². The van der Waals surface area contributed by atoms with Crippen LogP contribution in [-0.4, -0.2) is 34.1 Å². The molecule has 1 amide bonds. The second-order valence-corrected chi connectivity index (χ2v) is 8.32. The Labute approximate surface area is 165 Å². The van der Waals surface area contributed by atoms with Crippen LogP contribution < -0.4 is 5.32 Å². The lowest BCUT2D eigenvalue weighted by Gasteiger charge is -2.49. The first-order valence-corrected chi connectivity index (χ1v) is 10.0. The number of likely N-dealkylation sites (tertiary alicyclic amines) is 1. The van der Waals surface area contributed by atoms with E-state index in [1.165, 1.54) is 6.07 Å². The van der Waals surface area contributed by atoms with Gasteiger partial charge in [-0.2, -0.15) is 0 Å². The summed E-state index contributed by atoms with van der Waals surface area (Å²) in [6, 6.07) is 16.0. The van der Waals surface area contributed by atoms with Gasteiger partial charge in [0.1, 0.15) is 5.82 Å². The maximum Gasteiger partial charge on any atom is 0.223 e. The predicted molar refractivity (Wildman–Crippen MR) is 106 cm³/mol. The number of carbonyl (C=O) groups is 1. The van der Waals surface area contributed by atoms with E-state index in [1.807, 2.05) is 36.4 Å². The molecule has 2 fully saturated rings. The standard InChI is InChI=1S/C23H27FN2O2/c1-23(28)12-13-26(15-16-6-5-9-19(24)14-16)20(17-7-3-2-4-8-17)21(23)25-22(27)18-10-11-18/h2-9,14,18,20-21,28H,10-13,15H2,1H3,(H,25,27). The SMILES string of the molecule is CC1(O)CCN(Cc2cccc(F)c2)C(c2ccccc2)C1NC(=O)C1CC1. The fourth-order valence-electron chi connectivity index (χ4n) is 4.17. The van der Waals surface area contributed by atoms with Crippen molar-refractivity contribution in [2.45, 2.75) is 50.4 Å². The van der Waals surface area contributed by atoms with E-state index in [0.29, 0.717) is 19.5 Å². The van der Waals surface area contributed by atoms with Gasteiger partial charge in [-0.25, -0.2) is 4.39 Å². The van der Waals surface area contributed by atoms with Crippen LogP contribution in [-0.2, 0) is 11.3 Å². The zero-order chi connectivity index (χ0) is 19.7. The van der Waals surface area contributed by atoms with Crippen LogP contribution in [0, 0.1) is 11.7 Å². The highest BCUT2D eigenvalue weighted by Gasteiger charge is 2.47. The van der Waals surface area contributed by atoms with Gasteiger partial charge in [0.05, 0.1) is 17.7 Å². The number of benzene rings is 2. The average molecular weight is 382 g/mol. The normalized spacial score (nSPS) is 28.1. The quantitative estimate of drug-likeness (QED) is 0.833. The van der Waals surface area contributed by atoms with Crippen LogP contribution in [0.25, 0.3) is 0 Å². The average Bonchev–Trinajstić information content (AvgIpc) is 3.51. The Morgan fingerprint density at radius 3 is 2.64 bits per heavy atom. The first-order chi connectivity index (χ1) is 13.4. The molecule has 4 rings (SSSR count). The molecule has 28 heavy (non-hydrogen) atoms. The van der Waals surface area contributed by atoms with Crippen molar-refractivity contribution in [3.05, 3.63) is 71.5 Å². The van der Waals surface area contributed by atoms with E-state index in [0.717, 1.165) is 24.0 Å². The minimum Gasteiger partial charge on any atom is -0.388 e. The van der Waals surface area contributed by atoms with Gasteiger partial charge in [-0.15, -0.1) is 0 Å². The first-order valence-electron chi connectivity index (χ1n) is 10.0. The lowest BCUT2D eigenvalue weighted by Crippen LogP contribution is -2.62. The van der Waals surface area contributed by atoms with Crippen LogP contribution in [0.15, 0.2) is 54.6 Å². The van der Waals surface area contributed by atoms with Gasteiger partial charge in [0, 0.05) is 19.0 Å². The molecule has 2 N–H and O–H groups in total. The summed E-state index contributed by atoms with van der Waals surface area (Å²) in [7, 11) is 0. The summed E-state index contributed by atoms with van der Waals surface area (Å²) >= 11 is 0. The van der Waals surface area contributed by atoms with Crippen LogP contribution in [0.3, 0.4) is 0 Å². The van der Waals surface area contributed by atoms with Gasteiger partial charge in [-0.3, -0.25) is 9.69 Å². The summed E-state index contributed by atoms with van der Waals surface area (Å²) in [4.78, 5) is 14.8. The number of carbonyl (C=O) groups excluding carboxylic acids is 1. The first kappa shape index (κ1) is 19.1. The molecule has 2 aromatic rings. The predicted octanol–water partition coefficient (Wildman–Crippen LogP) is 3.42. The van der Waals surface area contributed by atoms with Gasteiger partial charge in [0.15, 0.2) is 0 Å². The zero-order valence-corrected chi connectivity index (χ0v) is 16.1. The molecule has 1 aliphatic heterocycles. The van der Waals surface area contributed by atoms with Crippen molar-refractivity contribution >= 4 is 5.91 Å². The number of hydrogen-bond donors (Lipinski definition) is 2. The minimum atomic E-state index is -1.01. The largest absolute Gasteiger partial charge is 0.388 e. The van der Waals surface area contributed by atoms with Crippen LogP contribution in [0.5, 0.6) is 0 Å². The van der Waals surface area contributed by atoms with Crippen molar-refractivity contribution in [1.82, 2.24) is 10.2 Å². The van der Waals surface area contributed by atoms with Crippen LogP contribution in [0.1, 0.15) is 43.4 Å². The van der Waals surface area contributed by atoms with Crippen LogP contribution in [0.2, 0.25) is 0 Å². The Morgan fingerprint density at radius 1 is 1.21 bits per heavy atom. The Balaban J connectivity index is 1.67. The highest BCUT2D eigenvalue weighted by molar-refractivity contribution is 5.81. The smallest absolute Gasteiger partial charge is 0.223 e. The molecule has 0 spiro atoms. The monoisotopic (exact) mass is 382 g/mol. The third-order valence-corrected chi connectivity index (χ3v) is 5.95. The molecule has 1 aliphatic carbocycles. The zero-order valence-electron chi connectivity index (χ0n) is 16.1. The number of nitrogens with zero attached hydrogens (tertiary/aromatic N) is 1. The number of halogens is 1. The van der Waals surface area contributed by atoms with Gasteiger partial charge in [0.2, 0.25) is 5.91 Å². The minimum absolute atomic E-state index is 0.0267. The lowest BCUT2D eigenvalue weighted by atomic mass is 9.79. The molecule has 1 saturated carbocycles. The highest BCUT2D eigenvalue weighted by atomic mass is 19.1. The Hall–Kier alpha value is -2.24. The number of hydrogen-bond acceptors (Lipinski definition) is 3. The van der Waals surface area contributed by atoms with Gasteiger partial charge < -0.3 is 10.4 Å². The maximum absolute atomic E-state index is 13.7. The molecule has 5 heteroatoms. The Bertz CT molecular complexity index is 836. The second-order valence-electron chi connectivity index (χ2n) is 8.32. The van der Waals surface area contributed by atoms with Crippen molar-refractivity contribution in [3.63, 3.8) is 0 Å². The van der Waals surface area contributed by atoms with Crippen molar-refractivity contribution in [2.75, 3.05) is 6.54 Å². The summed E-state index contributed by atoms with van der Waals surface area (Å²) in [5.74, 6) is -0.152. The molecular weight excluding hydrogens is 355 g/mol. The molecule has 3 unspecified atom stereocenters. The third-order valence-electron chi connectivity index (χ3n) is 5.95. The number of amides is 1. The second kappa shape index (κ2) is 7.64. The van der Waals surface area contributed by atoms with Crippen molar-refractivity contribution in [3.8, 4) is 0 Å². The summed E-state index contributed by atoms with van der Waals surface area (Å²) in [5.41, 5.74) is 0.915. The molecule has 1 heterocycles. The number of piperidine rings is 1. The number of aliphatic hydroxyl groups is 1. The van der Waals surface area contributed by atoms with Crippen LogP contribution in [0.4, 0.5) is 4.39 Å². The Morgan fingerprint density at radius 2 is 1.96 bits per heavy atom. The van der Waals surface area contributed by atoms with Gasteiger partial charge in [-0.1, -0.05) is 42.5 Å². The maximum atomic E-state index is 13.7. The third kappa shape index (κ3) is 4.10. The van der Waals surface area contributed by atoms with Gasteiger partial charge in [-0.05, 0) is 49.4 Å². The van der Waals surface area contributed by atoms with E-state index in [2.05, 4.69) is 10.2 Å². The van der Waals surface area contributed by atoms with Crippen molar-refractivity contribution in [1.29, 1.82) is 0 Å².